The van der Waals surface area contributed by atoms with Gasteiger partial charge >= 0.3 is 5.97 Å². The minimum atomic E-state index is -0.555. The second kappa shape index (κ2) is 8.50. The molecule has 1 aromatic heterocycles. The van der Waals surface area contributed by atoms with E-state index in [0.29, 0.717) is 16.7 Å². The van der Waals surface area contributed by atoms with Crippen LogP contribution in [-0.2, 0) is 22.6 Å². The Bertz CT molecular complexity index is 816. The number of hydrogen-bond donors (Lipinski definition) is 1. The number of benzene rings is 1. The summed E-state index contributed by atoms with van der Waals surface area (Å²) in [5.41, 5.74) is 3.51. The number of carbonyl (C=O) groups is 2. The van der Waals surface area contributed by atoms with E-state index in [9.17, 15) is 9.59 Å². The molecular weight excluding hydrogens is 346 g/mol. The Kier molecular flexibility index (Phi) is 6.08. The van der Waals surface area contributed by atoms with Crippen molar-refractivity contribution in [1.82, 2.24) is 4.57 Å². The average molecular weight is 371 g/mol. The predicted molar refractivity (Wildman–Crippen MR) is 99.9 cm³/mol. The first kappa shape index (κ1) is 19.3. The molecule has 1 N–H and O–H groups in total. The van der Waals surface area contributed by atoms with Crippen LogP contribution in [0.1, 0.15) is 50.5 Å². The van der Waals surface area contributed by atoms with Gasteiger partial charge in [0.15, 0.2) is 6.61 Å². The third kappa shape index (κ3) is 4.46. The summed E-state index contributed by atoms with van der Waals surface area (Å²) in [6.07, 6.45) is 2.30. The molecule has 144 valence electrons. The summed E-state index contributed by atoms with van der Waals surface area (Å²) in [6, 6.07) is 8.29. The van der Waals surface area contributed by atoms with Crippen molar-refractivity contribution in [2.75, 3.05) is 13.2 Å². The highest BCUT2D eigenvalue weighted by Gasteiger charge is 2.21. The summed E-state index contributed by atoms with van der Waals surface area (Å²) in [6.45, 7) is 5.02. The fourth-order valence-electron chi connectivity index (χ4n) is 3.39. The van der Waals surface area contributed by atoms with E-state index >= 15 is 0 Å². The van der Waals surface area contributed by atoms with Crippen LogP contribution in [0.4, 0.5) is 0 Å². The second-order valence-corrected chi connectivity index (χ2v) is 6.88. The zero-order chi connectivity index (χ0) is 19.4. The van der Waals surface area contributed by atoms with Gasteiger partial charge in [0.2, 0.25) is 5.78 Å². The summed E-state index contributed by atoms with van der Waals surface area (Å²) in [4.78, 5) is 24.7. The molecule has 0 saturated carbocycles. The van der Waals surface area contributed by atoms with E-state index in [-0.39, 0.29) is 25.1 Å². The Morgan fingerprint density at radius 3 is 2.63 bits per heavy atom. The monoisotopic (exact) mass is 371 g/mol. The molecule has 0 unspecified atom stereocenters. The maximum atomic E-state index is 12.5. The van der Waals surface area contributed by atoms with E-state index in [1.54, 1.807) is 24.3 Å². The van der Waals surface area contributed by atoms with E-state index in [2.05, 4.69) is 4.57 Å². The molecule has 2 aromatic rings. The Labute approximate surface area is 158 Å². The molecule has 1 aliphatic rings. The molecule has 0 amide bonds. The SMILES string of the molecule is Cc1cc(C(=O)COC(=O)c2ccc(CO)cc2)c(C)n1C[C@H]1CCCO1. The quantitative estimate of drug-likeness (QED) is 0.598. The smallest absolute Gasteiger partial charge is 0.338 e. The fraction of sp³-hybridized carbons (Fsp3) is 0.429. The first-order chi connectivity index (χ1) is 13.0. The van der Waals surface area contributed by atoms with Crippen molar-refractivity contribution in [2.24, 2.45) is 0 Å². The van der Waals surface area contributed by atoms with Gasteiger partial charge in [-0.2, -0.15) is 0 Å². The van der Waals surface area contributed by atoms with Crippen LogP contribution < -0.4 is 0 Å². The minimum Gasteiger partial charge on any atom is -0.454 e. The van der Waals surface area contributed by atoms with E-state index in [1.807, 2.05) is 19.9 Å². The number of nitrogens with zero attached hydrogens (tertiary/aromatic N) is 1. The lowest BCUT2D eigenvalue weighted by molar-refractivity contribution is 0.0474. The number of Topliss-reactive ketones (excluding diaryl/α,β-unsaturated/α-hetero) is 1. The van der Waals surface area contributed by atoms with Crippen molar-refractivity contribution >= 4 is 11.8 Å². The summed E-state index contributed by atoms with van der Waals surface area (Å²) in [5, 5.41) is 9.04. The molecule has 0 aliphatic carbocycles. The number of aromatic nitrogens is 1. The fourth-order valence-corrected chi connectivity index (χ4v) is 3.39. The Morgan fingerprint density at radius 1 is 1.26 bits per heavy atom. The lowest BCUT2D eigenvalue weighted by Gasteiger charge is -2.14. The van der Waals surface area contributed by atoms with Gasteiger partial charge in [-0.05, 0) is 50.5 Å². The summed E-state index contributed by atoms with van der Waals surface area (Å²) in [7, 11) is 0. The largest absolute Gasteiger partial charge is 0.454 e. The van der Waals surface area contributed by atoms with Gasteiger partial charge in [-0.25, -0.2) is 4.79 Å². The lowest BCUT2D eigenvalue weighted by Crippen LogP contribution is -2.18. The highest BCUT2D eigenvalue weighted by molar-refractivity contribution is 6.00. The first-order valence-electron chi connectivity index (χ1n) is 9.18. The number of carbonyl (C=O) groups excluding carboxylic acids is 2. The number of aryl methyl sites for hydroxylation is 1. The molecule has 2 heterocycles. The molecule has 1 saturated heterocycles. The maximum Gasteiger partial charge on any atom is 0.338 e. The van der Waals surface area contributed by atoms with Crippen molar-refractivity contribution < 1.29 is 24.2 Å². The van der Waals surface area contributed by atoms with Crippen LogP contribution in [0.15, 0.2) is 30.3 Å². The van der Waals surface area contributed by atoms with Crippen LogP contribution in [0, 0.1) is 13.8 Å². The first-order valence-corrected chi connectivity index (χ1v) is 9.18. The zero-order valence-corrected chi connectivity index (χ0v) is 15.7. The molecule has 0 spiro atoms. The van der Waals surface area contributed by atoms with Gasteiger partial charge < -0.3 is 19.1 Å². The molecule has 6 heteroatoms. The molecule has 3 rings (SSSR count). The molecular formula is C21H25NO5. The van der Waals surface area contributed by atoms with E-state index in [0.717, 1.165) is 37.4 Å². The highest BCUT2D eigenvalue weighted by Crippen LogP contribution is 2.21. The lowest BCUT2D eigenvalue weighted by atomic mass is 10.1. The third-order valence-corrected chi connectivity index (χ3v) is 4.99. The molecule has 1 aromatic carbocycles. The zero-order valence-electron chi connectivity index (χ0n) is 15.7. The molecule has 27 heavy (non-hydrogen) atoms. The number of esters is 1. The number of aliphatic hydroxyl groups excluding tert-OH is 1. The standard InChI is InChI=1S/C21H25NO5/c1-14-10-19(15(2)22(14)11-18-4-3-9-26-18)20(24)13-27-21(25)17-7-5-16(12-23)6-8-17/h5-8,10,18,23H,3-4,9,11-13H2,1-2H3/t18-/m1/s1. The number of rotatable bonds is 7. The van der Waals surface area contributed by atoms with Crippen LogP contribution in [0.5, 0.6) is 0 Å². The molecule has 6 nitrogen and oxygen atoms in total. The van der Waals surface area contributed by atoms with Crippen LogP contribution >= 0.6 is 0 Å². The van der Waals surface area contributed by atoms with E-state index in [1.165, 1.54) is 0 Å². The van der Waals surface area contributed by atoms with Gasteiger partial charge in [-0.15, -0.1) is 0 Å². The molecule has 1 aliphatic heterocycles. The highest BCUT2D eigenvalue weighted by atomic mass is 16.5. The summed E-state index contributed by atoms with van der Waals surface area (Å²) in [5.74, 6) is -0.775. The summed E-state index contributed by atoms with van der Waals surface area (Å²) >= 11 is 0. The number of aliphatic hydroxyl groups is 1. The normalized spacial score (nSPS) is 16.5. The van der Waals surface area contributed by atoms with Gasteiger partial charge in [0.1, 0.15) is 0 Å². The minimum absolute atomic E-state index is 0.0880. The molecule has 0 bridgehead atoms. The van der Waals surface area contributed by atoms with Gasteiger partial charge in [0.05, 0.1) is 18.3 Å². The van der Waals surface area contributed by atoms with E-state index in [4.69, 9.17) is 14.6 Å². The van der Waals surface area contributed by atoms with E-state index < -0.39 is 5.97 Å². The van der Waals surface area contributed by atoms with Crippen LogP contribution in [0.25, 0.3) is 0 Å². The third-order valence-electron chi connectivity index (χ3n) is 4.99. The van der Waals surface area contributed by atoms with Crippen LogP contribution in [0.2, 0.25) is 0 Å². The summed E-state index contributed by atoms with van der Waals surface area (Å²) < 4.78 is 13.0. The van der Waals surface area contributed by atoms with Gasteiger partial charge in [-0.3, -0.25) is 4.79 Å². The van der Waals surface area contributed by atoms with Crippen molar-refractivity contribution in [3.05, 3.63) is 58.4 Å². The van der Waals surface area contributed by atoms with Crippen LogP contribution in [0.3, 0.4) is 0 Å². The Hall–Kier alpha value is -2.44. The van der Waals surface area contributed by atoms with Crippen molar-refractivity contribution in [1.29, 1.82) is 0 Å². The van der Waals surface area contributed by atoms with Gasteiger partial charge in [0, 0.05) is 30.1 Å². The second-order valence-electron chi connectivity index (χ2n) is 6.88. The van der Waals surface area contributed by atoms with Gasteiger partial charge in [-0.1, -0.05) is 12.1 Å². The topological polar surface area (TPSA) is 77.8 Å². The van der Waals surface area contributed by atoms with Crippen molar-refractivity contribution in [3.8, 4) is 0 Å². The Morgan fingerprint density at radius 2 is 2.00 bits per heavy atom. The Balaban J connectivity index is 1.62. The maximum absolute atomic E-state index is 12.5. The van der Waals surface area contributed by atoms with Gasteiger partial charge in [0.25, 0.3) is 0 Å². The number of ether oxygens (including phenoxy) is 2. The van der Waals surface area contributed by atoms with Crippen LogP contribution in [-0.4, -0.2) is 40.7 Å². The van der Waals surface area contributed by atoms with Crippen molar-refractivity contribution in [3.63, 3.8) is 0 Å². The molecule has 0 radical (unpaired) electrons. The predicted octanol–water partition coefficient (Wildman–Crippen LogP) is 2.82. The van der Waals surface area contributed by atoms with Crippen molar-refractivity contribution in [2.45, 2.75) is 45.9 Å². The molecule has 1 fully saturated rings. The number of hydrogen-bond acceptors (Lipinski definition) is 5. The average Bonchev–Trinajstić information content (AvgIpc) is 3.29. The number of ketones is 1. The molecule has 1 atom stereocenters.